The second-order valence-corrected chi connectivity index (χ2v) is 22.8. The van der Waals surface area contributed by atoms with E-state index in [1.165, 1.54) is 28.4 Å². The highest BCUT2D eigenvalue weighted by molar-refractivity contribution is 7.13. The van der Waals surface area contributed by atoms with Crippen LogP contribution in [0.15, 0.2) is 89.4 Å². The van der Waals surface area contributed by atoms with Crippen LogP contribution in [0.4, 0.5) is 16.2 Å². The van der Waals surface area contributed by atoms with E-state index in [2.05, 4.69) is 32.3 Å². The van der Waals surface area contributed by atoms with Gasteiger partial charge in [-0.25, -0.2) is 14.4 Å². The first-order chi connectivity index (χ1) is 41.5. The zero-order valence-electron chi connectivity index (χ0n) is 48.9. The topological polar surface area (TPSA) is 247 Å². The van der Waals surface area contributed by atoms with Crippen molar-refractivity contribution in [3.63, 3.8) is 0 Å². The molecular formula is C62H72ClFN10O11S. The van der Waals surface area contributed by atoms with Crippen LogP contribution >= 0.6 is 22.9 Å². The molecule has 0 radical (unpaired) electrons. The third kappa shape index (κ3) is 15.1. The fraction of sp³-hybridized carbons (Fsp3) is 0.419. The highest BCUT2D eigenvalue weighted by Gasteiger charge is 2.43. The normalized spacial score (nSPS) is 15.6. The van der Waals surface area contributed by atoms with Crippen LogP contribution in [0.1, 0.15) is 55.3 Å². The van der Waals surface area contributed by atoms with Crippen LogP contribution in [-0.2, 0) is 39.9 Å². The van der Waals surface area contributed by atoms with Gasteiger partial charge < -0.3 is 63.9 Å². The van der Waals surface area contributed by atoms with E-state index in [0.717, 1.165) is 16.1 Å². The lowest BCUT2D eigenvalue weighted by Gasteiger charge is -2.35. The number of anilines is 2. The molecule has 24 heteroatoms. The van der Waals surface area contributed by atoms with Gasteiger partial charge in [0.25, 0.3) is 0 Å². The molecule has 0 spiro atoms. The van der Waals surface area contributed by atoms with Gasteiger partial charge >= 0.3 is 0 Å². The van der Waals surface area contributed by atoms with Crippen LogP contribution in [0, 0.1) is 25.6 Å². The van der Waals surface area contributed by atoms with Gasteiger partial charge in [-0.2, -0.15) is 4.98 Å². The molecule has 0 unspecified atom stereocenters. The van der Waals surface area contributed by atoms with Gasteiger partial charge in [0.15, 0.2) is 5.82 Å². The lowest BCUT2D eigenvalue weighted by molar-refractivity contribution is -0.141. The van der Waals surface area contributed by atoms with Crippen LogP contribution in [-0.4, -0.2) is 180 Å². The Kier molecular flexibility index (Phi) is 21.2. The number of nitrogens with one attached hydrogen (secondary N) is 2. The van der Waals surface area contributed by atoms with E-state index in [4.69, 9.17) is 40.1 Å². The van der Waals surface area contributed by atoms with Gasteiger partial charge in [-0.3, -0.25) is 19.2 Å². The fourth-order valence-corrected chi connectivity index (χ4v) is 11.8. The molecule has 21 nitrogen and oxygen atoms in total. The number of halogens is 2. The first kappa shape index (κ1) is 62.7. The number of carbonyl (C=O) groups excluding carboxylic acids is 4. The summed E-state index contributed by atoms with van der Waals surface area (Å²) in [4.78, 5) is 74.8. The molecule has 0 saturated carbocycles. The van der Waals surface area contributed by atoms with Crippen molar-refractivity contribution >= 4 is 80.0 Å². The summed E-state index contributed by atoms with van der Waals surface area (Å²) in [6.07, 6.45) is 0.597. The Bertz CT molecular complexity index is 3560. The number of carbonyl (C=O) groups is 4. The molecule has 4 amide bonds. The van der Waals surface area contributed by atoms with Gasteiger partial charge in [0.05, 0.1) is 72.5 Å². The summed E-state index contributed by atoms with van der Waals surface area (Å²) in [5.74, 6) is -1.12. The number of nitrogens with zero attached hydrogens (tertiary/aromatic N) is 8. The highest BCUT2D eigenvalue weighted by atomic mass is 35.5. The molecule has 9 rings (SSSR count). The average Bonchev–Trinajstić information content (AvgIpc) is 1.60. The number of aromatic hydroxyl groups is 1. The number of rotatable bonds is 27. The molecule has 0 bridgehead atoms. The summed E-state index contributed by atoms with van der Waals surface area (Å²) < 4.78 is 46.1. The quantitative estimate of drug-likeness (QED) is 0.0282. The van der Waals surface area contributed by atoms with Crippen molar-refractivity contribution in [2.75, 3.05) is 109 Å². The number of phenols is 1. The number of likely N-dealkylation sites (N-methyl/N-ethyl adjacent to an activating group) is 1. The Labute approximate surface area is 507 Å². The molecule has 2 aliphatic heterocycles. The first-order valence-electron chi connectivity index (χ1n) is 28.6. The minimum atomic E-state index is -0.879. The first-order valence-corrected chi connectivity index (χ1v) is 29.9. The van der Waals surface area contributed by atoms with Gasteiger partial charge in [-0.15, -0.1) is 11.3 Å². The van der Waals surface area contributed by atoms with Gasteiger partial charge in [0.1, 0.15) is 47.2 Å². The number of fused-ring (bicyclic) bond motifs is 2. The number of aliphatic hydroxyl groups is 1. The Hall–Kier alpha value is -7.80. The molecule has 86 heavy (non-hydrogen) atoms. The van der Waals surface area contributed by atoms with Crippen molar-refractivity contribution < 1.29 is 57.3 Å². The van der Waals surface area contributed by atoms with Crippen LogP contribution < -0.4 is 20.3 Å². The number of benzene rings is 4. The standard InChI is InChI=1S/C62H72ClFN10O11S/c1-7-52(77)72-16-18-73(19-17-72)59-47-33-48(63)55(46-31-43(75)29-40-10-8-9-11-45(40)46)56(64)57(47)68-62(69-59)65-15-14-53(78)71(6)20-21-81-22-23-82-24-25-83-26-27-84-50-30-41(58-39(5)67-36-86-58)12-13-42(50)34-66-60(79)49-32-44(76)35-74(49)61(80)54(37(2)3)51-28-38(4)70-85-51/h7-13,28-31,33,36-37,44,49,54,75-76H,1,14-27,32,34-35H2,2-6H3,(H,66,79)(H,65,68,69)/t44-,49+,54+/m1/s1. The molecule has 4 N–H and O–H groups in total. The van der Waals surface area contributed by atoms with Crippen molar-refractivity contribution in [3.05, 3.63) is 118 Å². The Balaban J connectivity index is 0.709. The maximum Gasteiger partial charge on any atom is 0.246 e. The third-order valence-electron chi connectivity index (χ3n) is 15.2. The lowest BCUT2D eigenvalue weighted by Crippen LogP contribution is -2.48. The van der Waals surface area contributed by atoms with E-state index in [1.54, 1.807) is 47.5 Å². The molecule has 456 valence electrons. The van der Waals surface area contributed by atoms with E-state index in [0.29, 0.717) is 109 Å². The zero-order valence-corrected chi connectivity index (χ0v) is 50.4. The lowest BCUT2D eigenvalue weighted by atomic mass is 9.91. The van der Waals surface area contributed by atoms with E-state index < -0.39 is 29.8 Å². The number of piperazine rings is 1. The molecule has 2 aliphatic rings. The van der Waals surface area contributed by atoms with Crippen LogP contribution in [0.3, 0.4) is 0 Å². The molecule has 2 fully saturated rings. The number of aliphatic hydroxyl groups excluding tert-OH is 1. The fourth-order valence-electron chi connectivity index (χ4n) is 10.7. The number of hydrogen-bond acceptors (Lipinski definition) is 18. The summed E-state index contributed by atoms with van der Waals surface area (Å²) in [7, 11) is 1.68. The minimum Gasteiger partial charge on any atom is -0.508 e. The third-order valence-corrected chi connectivity index (χ3v) is 16.4. The number of thiazole rings is 1. The highest BCUT2D eigenvalue weighted by Crippen LogP contribution is 2.43. The van der Waals surface area contributed by atoms with Crippen LogP contribution in [0.25, 0.3) is 43.2 Å². The van der Waals surface area contributed by atoms with Gasteiger partial charge in [0, 0.05) is 94.8 Å². The second-order valence-electron chi connectivity index (χ2n) is 21.5. The number of amides is 4. The van der Waals surface area contributed by atoms with Gasteiger partial charge in [-0.1, -0.05) is 73.6 Å². The second kappa shape index (κ2) is 29.1. The van der Waals surface area contributed by atoms with Crippen molar-refractivity contribution in [1.82, 2.24) is 40.1 Å². The number of ether oxygens (including phenoxy) is 4. The predicted molar refractivity (Wildman–Crippen MR) is 326 cm³/mol. The summed E-state index contributed by atoms with van der Waals surface area (Å²) in [6, 6.07) is 18.6. The van der Waals surface area contributed by atoms with Crippen molar-refractivity contribution in [1.29, 1.82) is 0 Å². The summed E-state index contributed by atoms with van der Waals surface area (Å²) in [5.41, 5.74) is 5.40. The molecule has 0 aliphatic carbocycles. The van der Waals surface area contributed by atoms with E-state index in [9.17, 15) is 29.4 Å². The number of hydrogen-bond donors (Lipinski definition) is 4. The Morgan fingerprint density at radius 1 is 0.942 bits per heavy atom. The monoisotopic (exact) mass is 1220 g/mol. The molecular weight excluding hydrogens is 1150 g/mol. The Morgan fingerprint density at radius 2 is 1.67 bits per heavy atom. The smallest absolute Gasteiger partial charge is 0.246 e. The van der Waals surface area contributed by atoms with E-state index in [1.807, 2.05) is 68.1 Å². The maximum absolute atomic E-state index is 17.0. The van der Waals surface area contributed by atoms with Crippen LogP contribution in [0.2, 0.25) is 5.02 Å². The van der Waals surface area contributed by atoms with E-state index >= 15 is 4.39 Å². The van der Waals surface area contributed by atoms with Gasteiger partial charge in [0.2, 0.25) is 29.6 Å². The number of phenolic OH excluding ortho intramolecular Hbond substituents is 1. The number of β-amino-alcohol motifs (C(OH)–C–C–N with tert-alkyl or cyclic N) is 1. The SMILES string of the molecule is C=CC(=O)N1CCN(c2nc(NCCC(=O)N(C)CCOCCOCCOCCOc3cc(-c4scnc4C)ccc3CNC(=O)[C@@H]3C[C@@H](O)CN3C(=O)[C@H](c3cc(C)no3)C(C)C)nc3c(F)c(-c4cc(O)cc5ccccc45)c(Cl)cc23)CC1. The number of likely N-dealkylation sites (tertiary alicyclic amines) is 1. The predicted octanol–water partition coefficient (Wildman–Crippen LogP) is 7.92. The van der Waals surface area contributed by atoms with Crippen molar-refractivity contribution in [2.24, 2.45) is 5.92 Å². The molecule has 5 heterocycles. The number of aromatic nitrogens is 4. The van der Waals surface area contributed by atoms with E-state index in [-0.39, 0.29) is 104 Å². The van der Waals surface area contributed by atoms with Crippen LogP contribution in [0.5, 0.6) is 11.5 Å². The maximum atomic E-state index is 17.0. The van der Waals surface area contributed by atoms with Crippen molar-refractivity contribution in [3.8, 4) is 33.1 Å². The summed E-state index contributed by atoms with van der Waals surface area (Å²) in [5, 5.41) is 33.2. The molecule has 3 aromatic heterocycles. The molecule has 4 aromatic carbocycles. The number of aryl methyl sites for hydroxylation is 2. The Morgan fingerprint density at radius 3 is 2.37 bits per heavy atom. The molecule has 3 atom stereocenters. The summed E-state index contributed by atoms with van der Waals surface area (Å²) >= 11 is 8.41. The largest absolute Gasteiger partial charge is 0.508 e. The minimum absolute atomic E-state index is 0.00266. The zero-order chi connectivity index (χ0) is 61.0. The molecule has 7 aromatic rings. The molecule has 2 saturated heterocycles. The van der Waals surface area contributed by atoms with Crippen molar-refractivity contribution in [2.45, 2.75) is 65.1 Å². The van der Waals surface area contributed by atoms with Gasteiger partial charge in [-0.05, 0) is 72.0 Å². The average molecular weight is 1220 g/mol. The summed E-state index contributed by atoms with van der Waals surface area (Å²) in [6.45, 7) is 15.3.